The van der Waals surface area contributed by atoms with E-state index in [0.717, 1.165) is 16.5 Å². The Hall–Kier alpha value is -3.60. The van der Waals surface area contributed by atoms with Crippen LogP contribution in [0.4, 0.5) is 0 Å². The van der Waals surface area contributed by atoms with Gasteiger partial charge in [-0.1, -0.05) is 60.7 Å². The largest absolute Gasteiger partial charge is 0.299 e. The van der Waals surface area contributed by atoms with E-state index in [1.165, 1.54) is 4.52 Å². The van der Waals surface area contributed by atoms with Crippen LogP contribution in [0.2, 0.25) is 0 Å². The number of hydrogen-bond donors (Lipinski definition) is 0. The highest BCUT2D eigenvalue weighted by Crippen LogP contribution is 2.14. The average molecular weight is 326 g/mol. The number of hydrogen-bond acceptors (Lipinski definition) is 4. The second-order valence-electron chi connectivity index (χ2n) is 5.46. The molecule has 0 saturated carbocycles. The quantitative estimate of drug-likeness (QED) is 0.428. The summed E-state index contributed by atoms with van der Waals surface area (Å²) in [5.41, 5.74) is 2.29. The van der Waals surface area contributed by atoms with E-state index in [1.54, 1.807) is 18.5 Å². The minimum atomic E-state index is -0.360. The van der Waals surface area contributed by atoms with E-state index >= 15 is 0 Å². The minimum absolute atomic E-state index is 0.271. The van der Waals surface area contributed by atoms with Gasteiger partial charge in [-0.05, 0) is 23.8 Å². The molecule has 2 aromatic heterocycles. The molecular formula is C20H14N4O. The fourth-order valence-corrected chi connectivity index (χ4v) is 2.55. The summed E-state index contributed by atoms with van der Waals surface area (Å²) in [6, 6.07) is 17.5. The molecule has 0 bridgehead atoms. The summed E-state index contributed by atoms with van der Waals surface area (Å²) in [4.78, 5) is 20.8. The van der Waals surface area contributed by atoms with E-state index in [-0.39, 0.29) is 11.3 Å². The van der Waals surface area contributed by atoms with Crippen LogP contribution in [-0.2, 0) is 0 Å². The second kappa shape index (κ2) is 6.49. The normalized spacial score (nSPS) is 11.8. The molecule has 4 rings (SSSR count). The van der Waals surface area contributed by atoms with Crippen molar-refractivity contribution in [1.29, 1.82) is 0 Å². The van der Waals surface area contributed by atoms with Crippen molar-refractivity contribution in [3.05, 3.63) is 94.7 Å². The Morgan fingerprint density at radius 1 is 0.880 bits per heavy atom. The maximum atomic E-state index is 12.3. The van der Waals surface area contributed by atoms with Crippen molar-refractivity contribution in [3.8, 4) is 0 Å². The van der Waals surface area contributed by atoms with Crippen molar-refractivity contribution < 1.29 is 0 Å². The van der Waals surface area contributed by atoms with Gasteiger partial charge in [-0.2, -0.15) is 10.1 Å². The van der Waals surface area contributed by atoms with Gasteiger partial charge in [0.15, 0.2) is 11.3 Å². The third kappa shape index (κ3) is 3.07. The van der Waals surface area contributed by atoms with Gasteiger partial charge in [0.1, 0.15) is 6.33 Å². The predicted molar refractivity (Wildman–Crippen MR) is 99.1 cm³/mol. The number of aromatic nitrogens is 4. The molecule has 0 aliphatic heterocycles. The molecular weight excluding hydrogens is 312 g/mol. The monoisotopic (exact) mass is 326 g/mol. The zero-order valence-electron chi connectivity index (χ0n) is 13.3. The lowest BCUT2D eigenvalue weighted by molar-refractivity contribution is 0.855. The highest BCUT2D eigenvalue weighted by Gasteiger charge is 2.06. The maximum absolute atomic E-state index is 12.3. The summed E-state index contributed by atoms with van der Waals surface area (Å²) in [6.07, 6.45) is 8.82. The number of nitrogens with zero attached hydrogens (tertiary/aromatic N) is 4. The SMILES string of the molecule is O=c1nc2c3ccccc3ncn2nc1/C=C/C=C/c1ccccc1. The smallest absolute Gasteiger partial charge is 0.265 e. The van der Waals surface area contributed by atoms with E-state index in [9.17, 15) is 4.79 Å². The van der Waals surface area contributed by atoms with E-state index in [1.807, 2.05) is 66.7 Å². The van der Waals surface area contributed by atoms with Gasteiger partial charge in [0.2, 0.25) is 0 Å². The second-order valence-corrected chi connectivity index (χ2v) is 5.46. The molecule has 0 radical (unpaired) electrons. The zero-order valence-corrected chi connectivity index (χ0v) is 13.3. The fraction of sp³-hybridized carbons (Fsp3) is 0. The summed E-state index contributed by atoms with van der Waals surface area (Å²) in [5, 5.41) is 5.13. The average Bonchev–Trinajstić information content (AvgIpc) is 2.66. The Morgan fingerprint density at radius 2 is 1.64 bits per heavy atom. The first-order chi connectivity index (χ1) is 12.3. The summed E-state index contributed by atoms with van der Waals surface area (Å²) in [6.45, 7) is 0. The van der Waals surface area contributed by atoms with Gasteiger partial charge < -0.3 is 0 Å². The maximum Gasteiger partial charge on any atom is 0.299 e. The Bertz CT molecular complexity index is 1160. The minimum Gasteiger partial charge on any atom is -0.265 e. The molecule has 0 saturated heterocycles. The number of allylic oxidation sites excluding steroid dienone is 2. The molecule has 0 unspecified atom stereocenters. The van der Waals surface area contributed by atoms with E-state index in [4.69, 9.17) is 0 Å². The van der Waals surface area contributed by atoms with Gasteiger partial charge in [0.05, 0.1) is 5.52 Å². The molecule has 4 aromatic rings. The molecule has 0 aliphatic carbocycles. The molecule has 0 N–H and O–H groups in total. The predicted octanol–water partition coefficient (Wildman–Crippen LogP) is 3.36. The van der Waals surface area contributed by atoms with Gasteiger partial charge >= 0.3 is 0 Å². The van der Waals surface area contributed by atoms with Crippen LogP contribution in [0.15, 0.2) is 77.9 Å². The molecule has 25 heavy (non-hydrogen) atoms. The molecule has 0 spiro atoms. The highest BCUT2D eigenvalue weighted by atomic mass is 16.1. The van der Waals surface area contributed by atoms with Gasteiger partial charge in [-0.25, -0.2) is 9.50 Å². The Labute approximate surface area is 143 Å². The molecule has 2 heterocycles. The van der Waals surface area contributed by atoms with Crippen molar-refractivity contribution >= 4 is 28.7 Å². The Morgan fingerprint density at radius 3 is 2.52 bits per heavy atom. The summed E-state index contributed by atoms with van der Waals surface area (Å²) in [7, 11) is 0. The van der Waals surface area contributed by atoms with Gasteiger partial charge in [0, 0.05) is 5.39 Å². The molecule has 5 nitrogen and oxygen atoms in total. The molecule has 0 atom stereocenters. The number of para-hydroxylation sites is 1. The molecule has 0 aliphatic rings. The van der Waals surface area contributed by atoms with Gasteiger partial charge in [-0.3, -0.25) is 4.79 Å². The first kappa shape index (κ1) is 15.0. The van der Waals surface area contributed by atoms with Crippen LogP contribution in [0.5, 0.6) is 0 Å². The van der Waals surface area contributed by atoms with Crippen LogP contribution in [0, 0.1) is 0 Å². The number of benzene rings is 2. The zero-order chi connectivity index (χ0) is 17.1. The molecule has 120 valence electrons. The number of rotatable bonds is 3. The highest BCUT2D eigenvalue weighted by molar-refractivity contribution is 5.90. The third-order valence-corrected chi connectivity index (χ3v) is 3.76. The van der Waals surface area contributed by atoms with Crippen LogP contribution in [0.1, 0.15) is 11.3 Å². The summed E-state index contributed by atoms with van der Waals surface area (Å²) in [5.74, 6) is 0. The third-order valence-electron chi connectivity index (χ3n) is 3.76. The van der Waals surface area contributed by atoms with Crippen LogP contribution in [0.25, 0.3) is 28.7 Å². The fourth-order valence-electron chi connectivity index (χ4n) is 2.55. The summed E-state index contributed by atoms with van der Waals surface area (Å²) >= 11 is 0. The van der Waals surface area contributed by atoms with Crippen LogP contribution >= 0.6 is 0 Å². The first-order valence-corrected chi connectivity index (χ1v) is 7.85. The molecule has 0 amide bonds. The van der Waals surface area contributed by atoms with Crippen LogP contribution < -0.4 is 5.56 Å². The van der Waals surface area contributed by atoms with Crippen molar-refractivity contribution in [2.75, 3.05) is 0 Å². The topological polar surface area (TPSA) is 60.2 Å². The standard InChI is InChI=1S/C20H14N4O/c25-20-18(13-6-4-10-15-8-2-1-3-9-15)23-24-14-21-17-12-7-5-11-16(17)19(24)22-20/h1-14H/b10-4+,13-6+. The van der Waals surface area contributed by atoms with Crippen molar-refractivity contribution in [1.82, 2.24) is 19.6 Å². The van der Waals surface area contributed by atoms with Gasteiger partial charge in [0.25, 0.3) is 5.56 Å². The van der Waals surface area contributed by atoms with E-state index in [2.05, 4.69) is 15.1 Å². The number of fused-ring (bicyclic) bond motifs is 3. The molecule has 5 heteroatoms. The van der Waals surface area contributed by atoms with Crippen LogP contribution in [-0.4, -0.2) is 19.6 Å². The lowest BCUT2D eigenvalue weighted by atomic mass is 10.2. The van der Waals surface area contributed by atoms with Crippen molar-refractivity contribution in [2.45, 2.75) is 0 Å². The van der Waals surface area contributed by atoms with Crippen LogP contribution in [0.3, 0.4) is 0 Å². The van der Waals surface area contributed by atoms with Crippen molar-refractivity contribution in [2.24, 2.45) is 0 Å². The van der Waals surface area contributed by atoms with Gasteiger partial charge in [-0.15, -0.1) is 0 Å². The van der Waals surface area contributed by atoms with E-state index in [0.29, 0.717) is 5.65 Å². The lowest BCUT2D eigenvalue weighted by Gasteiger charge is -2.03. The van der Waals surface area contributed by atoms with Crippen molar-refractivity contribution in [3.63, 3.8) is 0 Å². The molecule has 0 fully saturated rings. The lowest BCUT2D eigenvalue weighted by Crippen LogP contribution is -2.16. The van der Waals surface area contributed by atoms with E-state index < -0.39 is 0 Å². The Kier molecular flexibility index (Phi) is 3.88. The first-order valence-electron chi connectivity index (χ1n) is 7.85. The Balaban J connectivity index is 1.70. The molecule has 2 aromatic carbocycles. The summed E-state index contributed by atoms with van der Waals surface area (Å²) < 4.78 is 1.53.